The molecule has 1 aliphatic rings. The van der Waals surface area contributed by atoms with Gasteiger partial charge in [0.25, 0.3) is 0 Å². The van der Waals surface area contributed by atoms with Crippen molar-refractivity contribution >= 4 is 10.0 Å². The van der Waals surface area contributed by atoms with Crippen LogP contribution in [-0.4, -0.2) is 32.4 Å². The molecular weight excluding hydrogens is 348 g/mol. The predicted molar refractivity (Wildman–Crippen MR) is 103 cm³/mol. The predicted octanol–water partition coefficient (Wildman–Crippen LogP) is 2.94. The number of hydrogen-bond donors (Lipinski definition) is 1. The van der Waals surface area contributed by atoms with Crippen LogP contribution in [0.3, 0.4) is 0 Å². The number of hydrogen-bond acceptors (Lipinski definition) is 4. The summed E-state index contributed by atoms with van der Waals surface area (Å²) in [6.45, 7) is 5.34. The molecule has 0 unspecified atom stereocenters. The van der Waals surface area contributed by atoms with Gasteiger partial charge < -0.3 is 10.1 Å². The van der Waals surface area contributed by atoms with E-state index in [-0.39, 0.29) is 5.60 Å². The maximum absolute atomic E-state index is 12.5. The molecule has 1 heterocycles. The quantitative estimate of drug-likeness (QED) is 0.845. The van der Waals surface area contributed by atoms with E-state index in [9.17, 15) is 8.42 Å². The third-order valence-corrected chi connectivity index (χ3v) is 6.42. The lowest BCUT2D eigenvalue weighted by Gasteiger charge is -2.16. The second-order valence-electron chi connectivity index (χ2n) is 7.48. The first-order valence-corrected chi connectivity index (χ1v) is 10.1. The molecule has 1 aliphatic heterocycles. The Morgan fingerprint density at radius 1 is 1.12 bits per heavy atom. The fourth-order valence-electron chi connectivity index (χ4n) is 3.21. The average Bonchev–Trinajstić information content (AvgIpc) is 2.88. The standard InChI is InChI=1S/C20H26N2O3S/c1-20(2)12-17-11-15(9-10-18(17)25-20)13-21-14-16-7-5-6-8-19(16)26(23,24)22(3)4/h5-11,21H,12-14H2,1-4H3. The number of rotatable bonds is 6. The van der Waals surface area contributed by atoms with Gasteiger partial charge in [-0.2, -0.15) is 0 Å². The highest BCUT2D eigenvalue weighted by Crippen LogP contribution is 2.35. The Balaban J connectivity index is 1.69. The lowest BCUT2D eigenvalue weighted by atomic mass is 10.0. The van der Waals surface area contributed by atoms with Crippen molar-refractivity contribution in [3.05, 3.63) is 59.2 Å². The van der Waals surface area contributed by atoms with E-state index in [0.29, 0.717) is 18.0 Å². The minimum absolute atomic E-state index is 0.145. The molecule has 2 aromatic carbocycles. The van der Waals surface area contributed by atoms with Crippen LogP contribution in [0.15, 0.2) is 47.4 Å². The molecule has 0 atom stereocenters. The minimum Gasteiger partial charge on any atom is -0.487 e. The molecular formula is C20H26N2O3S. The largest absolute Gasteiger partial charge is 0.487 e. The zero-order chi connectivity index (χ0) is 18.9. The van der Waals surface area contributed by atoms with Crippen molar-refractivity contribution in [3.8, 4) is 5.75 Å². The zero-order valence-electron chi connectivity index (χ0n) is 15.7. The van der Waals surface area contributed by atoms with Crippen molar-refractivity contribution in [1.82, 2.24) is 9.62 Å². The van der Waals surface area contributed by atoms with Gasteiger partial charge in [0.2, 0.25) is 10.0 Å². The van der Waals surface area contributed by atoms with Gasteiger partial charge in [-0.05, 0) is 42.7 Å². The van der Waals surface area contributed by atoms with Crippen molar-refractivity contribution in [2.45, 2.75) is 43.9 Å². The van der Waals surface area contributed by atoms with Crippen LogP contribution < -0.4 is 10.1 Å². The summed E-state index contributed by atoms with van der Waals surface area (Å²) >= 11 is 0. The van der Waals surface area contributed by atoms with E-state index < -0.39 is 10.0 Å². The van der Waals surface area contributed by atoms with Gasteiger partial charge >= 0.3 is 0 Å². The molecule has 1 N–H and O–H groups in total. The van der Waals surface area contributed by atoms with Gasteiger partial charge in [-0.25, -0.2) is 12.7 Å². The molecule has 0 amide bonds. The van der Waals surface area contributed by atoms with Gasteiger partial charge in [-0.3, -0.25) is 0 Å². The first kappa shape index (κ1) is 18.9. The summed E-state index contributed by atoms with van der Waals surface area (Å²) in [4.78, 5) is 0.349. The Hall–Kier alpha value is -1.89. The molecule has 140 valence electrons. The summed E-state index contributed by atoms with van der Waals surface area (Å²) in [7, 11) is -0.348. The molecule has 26 heavy (non-hydrogen) atoms. The zero-order valence-corrected chi connectivity index (χ0v) is 16.6. The van der Waals surface area contributed by atoms with Crippen molar-refractivity contribution in [2.75, 3.05) is 14.1 Å². The van der Waals surface area contributed by atoms with E-state index in [1.807, 2.05) is 18.2 Å². The Kier molecular flexibility index (Phi) is 5.10. The van der Waals surface area contributed by atoms with E-state index in [1.54, 1.807) is 26.2 Å². The Labute approximate surface area is 156 Å². The number of nitrogens with one attached hydrogen (secondary N) is 1. The first-order valence-electron chi connectivity index (χ1n) is 8.71. The molecule has 2 aromatic rings. The van der Waals surface area contributed by atoms with Crippen molar-refractivity contribution in [3.63, 3.8) is 0 Å². The van der Waals surface area contributed by atoms with Gasteiger partial charge in [0, 0.05) is 33.6 Å². The molecule has 0 bridgehead atoms. The number of nitrogens with zero attached hydrogens (tertiary/aromatic N) is 1. The summed E-state index contributed by atoms with van der Waals surface area (Å²) in [6.07, 6.45) is 0.903. The lowest BCUT2D eigenvalue weighted by molar-refractivity contribution is 0.138. The Morgan fingerprint density at radius 3 is 2.58 bits per heavy atom. The maximum atomic E-state index is 12.5. The molecule has 0 aromatic heterocycles. The molecule has 0 spiro atoms. The highest BCUT2D eigenvalue weighted by molar-refractivity contribution is 7.89. The normalized spacial score (nSPS) is 15.7. The fourth-order valence-corrected chi connectivity index (χ4v) is 4.33. The molecule has 0 radical (unpaired) electrons. The first-order chi connectivity index (χ1) is 12.2. The van der Waals surface area contributed by atoms with Gasteiger partial charge in [-0.1, -0.05) is 30.3 Å². The average molecular weight is 375 g/mol. The lowest BCUT2D eigenvalue weighted by Crippen LogP contribution is -2.24. The molecule has 0 aliphatic carbocycles. The summed E-state index contributed by atoms with van der Waals surface area (Å²) in [5.41, 5.74) is 3.02. The molecule has 6 heteroatoms. The topological polar surface area (TPSA) is 58.6 Å². The summed E-state index contributed by atoms with van der Waals surface area (Å²) < 4.78 is 32.1. The van der Waals surface area contributed by atoms with Crippen LogP contribution in [0.25, 0.3) is 0 Å². The Morgan fingerprint density at radius 2 is 1.85 bits per heavy atom. The second-order valence-corrected chi connectivity index (χ2v) is 9.60. The van der Waals surface area contributed by atoms with Gasteiger partial charge in [0.05, 0.1) is 4.90 Å². The van der Waals surface area contributed by atoms with Gasteiger partial charge in [0.1, 0.15) is 11.4 Å². The van der Waals surface area contributed by atoms with Crippen molar-refractivity contribution in [2.24, 2.45) is 0 Å². The van der Waals surface area contributed by atoms with Crippen molar-refractivity contribution < 1.29 is 13.2 Å². The van der Waals surface area contributed by atoms with E-state index in [2.05, 4.69) is 31.3 Å². The Bertz CT molecular complexity index is 905. The third kappa shape index (κ3) is 3.92. The van der Waals surface area contributed by atoms with E-state index in [0.717, 1.165) is 23.3 Å². The van der Waals surface area contributed by atoms with E-state index in [4.69, 9.17) is 4.74 Å². The molecule has 0 fully saturated rings. The summed E-state index contributed by atoms with van der Waals surface area (Å²) in [6, 6.07) is 13.4. The highest BCUT2D eigenvalue weighted by Gasteiger charge is 2.29. The summed E-state index contributed by atoms with van der Waals surface area (Å²) in [5, 5.41) is 3.36. The third-order valence-electron chi connectivity index (χ3n) is 4.50. The van der Waals surface area contributed by atoms with Crippen LogP contribution in [0, 0.1) is 0 Å². The number of fused-ring (bicyclic) bond motifs is 1. The number of ether oxygens (including phenoxy) is 1. The maximum Gasteiger partial charge on any atom is 0.242 e. The van der Waals surface area contributed by atoms with Gasteiger partial charge in [0.15, 0.2) is 0 Å². The number of sulfonamides is 1. The van der Waals surface area contributed by atoms with Crippen LogP contribution in [0.1, 0.15) is 30.5 Å². The molecule has 3 rings (SSSR count). The smallest absolute Gasteiger partial charge is 0.242 e. The molecule has 5 nitrogen and oxygen atoms in total. The van der Waals surface area contributed by atoms with E-state index in [1.165, 1.54) is 9.87 Å². The fraction of sp³-hybridized carbons (Fsp3) is 0.400. The van der Waals surface area contributed by atoms with Crippen LogP contribution in [0.5, 0.6) is 5.75 Å². The van der Waals surface area contributed by atoms with Crippen LogP contribution >= 0.6 is 0 Å². The van der Waals surface area contributed by atoms with Crippen LogP contribution in [0.4, 0.5) is 0 Å². The van der Waals surface area contributed by atoms with Crippen LogP contribution in [0.2, 0.25) is 0 Å². The van der Waals surface area contributed by atoms with Crippen LogP contribution in [-0.2, 0) is 29.5 Å². The molecule has 0 saturated carbocycles. The number of benzene rings is 2. The molecule has 0 saturated heterocycles. The summed E-state index contributed by atoms with van der Waals surface area (Å²) in [5.74, 6) is 0.959. The second kappa shape index (κ2) is 7.02. The minimum atomic E-state index is -3.45. The van der Waals surface area contributed by atoms with Crippen molar-refractivity contribution in [1.29, 1.82) is 0 Å². The van der Waals surface area contributed by atoms with Gasteiger partial charge in [-0.15, -0.1) is 0 Å². The SMILES string of the molecule is CN(C)S(=O)(=O)c1ccccc1CNCc1ccc2c(c1)CC(C)(C)O2. The highest BCUT2D eigenvalue weighted by atomic mass is 32.2. The van der Waals surface area contributed by atoms with E-state index >= 15 is 0 Å². The monoisotopic (exact) mass is 374 g/mol.